The van der Waals surface area contributed by atoms with Crippen LogP contribution >= 0.6 is 11.8 Å². The van der Waals surface area contributed by atoms with Crippen LogP contribution in [0.3, 0.4) is 0 Å². The number of likely N-dealkylation sites (N-methyl/N-ethyl adjacent to an activating group) is 2. The van der Waals surface area contributed by atoms with Gasteiger partial charge in [-0.25, -0.2) is 0 Å². The Kier molecular flexibility index (Phi) is 4.80. The summed E-state index contributed by atoms with van der Waals surface area (Å²) in [5, 5.41) is 0. The second-order valence-corrected chi connectivity index (χ2v) is 8.86. The topological polar surface area (TPSA) is 32.5 Å². The van der Waals surface area contributed by atoms with Gasteiger partial charge in [0.15, 0.2) is 0 Å². The highest BCUT2D eigenvalue weighted by Gasteiger charge is 2.51. The summed E-state index contributed by atoms with van der Waals surface area (Å²) in [6.45, 7) is 6.76. The quantitative estimate of drug-likeness (QED) is 0.844. The molecule has 20 heavy (non-hydrogen) atoms. The zero-order chi connectivity index (χ0) is 15.0. The van der Waals surface area contributed by atoms with Crippen LogP contribution in [0.15, 0.2) is 0 Å². The summed E-state index contributed by atoms with van der Waals surface area (Å²) < 4.78 is 0. The number of rotatable bonds is 5. The molecule has 0 spiro atoms. The van der Waals surface area contributed by atoms with Crippen LogP contribution in [0.4, 0.5) is 0 Å². The second kappa shape index (κ2) is 5.79. The van der Waals surface area contributed by atoms with Gasteiger partial charge in [0.1, 0.15) is 0 Å². The van der Waals surface area contributed by atoms with Crippen molar-refractivity contribution in [1.29, 1.82) is 0 Å². The molecule has 2 N–H and O–H groups in total. The minimum Gasteiger partial charge on any atom is -0.329 e. The molecule has 1 heterocycles. The fraction of sp³-hybridized carbons (Fsp3) is 1.00. The van der Waals surface area contributed by atoms with Gasteiger partial charge in [-0.3, -0.25) is 4.90 Å². The SMILES string of the molecule is CN(C)C1(CN(C)C2(CN)CSCCC2(C)C)CCC1. The molecule has 1 saturated heterocycles. The van der Waals surface area contributed by atoms with Crippen molar-refractivity contribution < 1.29 is 0 Å². The van der Waals surface area contributed by atoms with Crippen molar-refractivity contribution in [3.05, 3.63) is 0 Å². The molecule has 2 fully saturated rings. The zero-order valence-corrected chi connectivity index (χ0v) is 14.9. The maximum absolute atomic E-state index is 6.30. The van der Waals surface area contributed by atoms with E-state index in [1.807, 2.05) is 0 Å². The van der Waals surface area contributed by atoms with Crippen molar-refractivity contribution in [2.45, 2.75) is 50.6 Å². The molecule has 1 aliphatic carbocycles. The van der Waals surface area contributed by atoms with E-state index in [-0.39, 0.29) is 5.54 Å². The van der Waals surface area contributed by atoms with Gasteiger partial charge in [0.05, 0.1) is 0 Å². The van der Waals surface area contributed by atoms with Crippen molar-refractivity contribution in [3.8, 4) is 0 Å². The van der Waals surface area contributed by atoms with Gasteiger partial charge < -0.3 is 10.6 Å². The first-order valence-electron chi connectivity index (χ1n) is 7.96. The Morgan fingerprint density at radius 1 is 1.10 bits per heavy atom. The molecule has 0 bridgehead atoms. The summed E-state index contributed by atoms with van der Waals surface area (Å²) in [5.74, 6) is 2.46. The Bertz CT molecular complexity index is 339. The third-order valence-corrected chi connectivity index (χ3v) is 7.48. The molecule has 4 heteroatoms. The minimum atomic E-state index is 0.147. The van der Waals surface area contributed by atoms with E-state index in [2.05, 4.69) is 56.6 Å². The van der Waals surface area contributed by atoms with E-state index < -0.39 is 0 Å². The molecular formula is C16H33N3S. The van der Waals surface area contributed by atoms with Crippen molar-refractivity contribution in [2.75, 3.05) is 45.7 Å². The molecule has 0 amide bonds. The molecule has 1 aliphatic heterocycles. The van der Waals surface area contributed by atoms with Crippen LogP contribution in [0.1, 0.15) is 39.5 Å². The summed E-state index contributed by atoms with van der Waals surface area (Å²) in [5.41, 5.74) is 7.14. The fourth-order valence-corrected chi connectivity index (χ4v) is 5.90. The van der Waals surface area contributed by atoms with Gasteiger partial charge in [-0.15, -0.1) is 0 Å². The van der Waals surface area contributed by atoms with Crippen molar-refractivity contribution >= 4 is 11.8 Å². The molecule has 0 aromatic heterocycles. The first-order valence-corrected chi connectivity index (χ1v) is 9.12. The Hall–Kier alpha value is 0.230. The Morgan fingerprint density at radius 2 is 1.75 bits per heavy atom. The van der Waals surface area contributed by atoms with Gasteiger partial charge in [0, 0.05) is 29.9 Å². The minimum absolute atomic E-state index is 0.147. The molecule has 1 unspecified atom stereocenters. The molecule has 0 aromatic rings. The van der Waals surface area contributed by atoms with Crippen molar-refractivity contribution in [2.24, 2.45) is 11.1 Å². The summed E-state index contributed by atoms with van der Waals surface area (Å²) in [7, 11) is 6.79. The lowest BCUT2D eigenvalue weighted by Crippen LogP contribution is -2.69. The number of thioether (sulfide) groups is 1. The molecule has 1 saturated carbocycles. The average molecular weight is 300 g/mol. The standard InChI is InChI=1S/C16H33N3S/c1-14(2)9-10-20-13-16(14,11-17)19(5)12-15(18(3)4)7-6-8-15/h6-13,17H2,1-5H3. The Morgan fingerprint density at radius 3 is 2.15 bits per heavy atom. The summed E-state index contributed by atoms with van der Waals surface area (Å²) >= 11 is 2.08. The summed E-state index contributed by atoms with van der Waals surface area (Å²) in [6.07, 6.45) is 5.31. The lowest BCUT2D eigenvalue weighted by Gasteiger charge is -2.58. The maximum atomic E-state index is 6.30. The molecule has 0 aromatic carbocycles. The van der Waals surface area contributed by atoms with E-state index in [0.717, 1.165) is 13.1 Å². The van der Waals surface area contributed by atoms with E-state index in [1.54, 1.807) is 0 Å². The number of nitrogens with zero attached hydrogens (tertiary/aromatic N) is 2. The van der Waals surface area contributed by atoms with Crippen LogP contribution in [0.25, 0.3) is 0 Å². The van der Waals surface area contributed by atoms with E-state index in [9.17, 15) is 0 Å². The molecule has 118 valence electrons. The van der Waals surface area contributed by atoms with Gasteiger partial charge in [0.25, 0.3) is 0 Å². The van der Waals surface area contributed by atoms with Crippen molar-refractivity contribution in [3.63, 3.8) is 0 Å². The van der Waals surface area contributed by atoms with Gasteiger partial charge >= 0.3 is 0 Å². The normalized spacial score (nSPS) is 32.4. The van der Waals surface area contributed by atoms with E-state index in [0.29, 0.717) is 11.0 Å². The van der Waals surface area contributed by atoms with Gasteiger partial charge in [0.2, 0.25) is 0 Å². The van der Waals surface area contributed by atoms with Crippen LogP contribution < -0.4 is 5.73 Å². The average Bonchev–Trinajstić information content (AvgIpc) is 2.32. The monoisotopic (exact) mass is 299 g/mol. The van der Waals surface area contributed by atoms with Crippen molar-refractivity contribution in [1.82, 2.24) is 9.80 Å². The molecule has 2 aliphatic rings. The molecule has 1 atom stereocenters. The third-order valence-electron chi connectivity index (χ3n) is 6.30. The summed E-state index contributed by atoms with van der Waals surface area (Å²) in [6, 6.07) is 0. The fourth-order valence-electron chi connectivity index (χ4n) is 4.04. The van der Waals surface area contributed by atoms with Gasteiger partial charge in [-0.05, 0) is 58.0 Å². The van der Waals surface area contributed by atoms with Gasteiger partial charge in [-0.2, -0.15) is 11.8 Å². The Labute approximate surface area is 129 Å². The number of nitrogens with two attached hydrogens (primary N) is 1. The lowest BCUT2D eigenvalue weighted by molar-refractivity contribution is -0.0429. The molecule has 2 rings (SSSR count). The summed E-state index contributed by atoms with van der Waals surface area (Å²) in [4.78, 5) is 5.05. The molecule has 0 radical (unpaired) electrons. The largest absolute Gasteiger partial charge is 0.329 e. The highest BCUT2D eigenvalue weighted by molar-refractivity contribution is 7.99. The van der Waals surface area contributed by atoms with Crippen LogP contribution in [0, 0.1) is 5.41 Å². The highest BCUT2D eigenvalue weighted by Crippen LogP contribution is 2.47. The third kappa shape index (κ3) is 2.53. The van der Waals surface area contributed by atoms with Crippen LogP contribution in [-0.2, 0) is 0 Å². The van der Waals surface area contributed by atoms with Gasteiger partial charge in [-0.1, -0.05) is 13.8 Å². The number of hydrogen-bond acceptors (Lipinski definition) is 4. The molecule has 3 nitrogen and oxygen atoms in total. The predicted molar refractivity (Wildman–Crippen MR) is 90.4 cm³/mol. The first-order chi connectivity index (χ1) is 9.30. The maximum Gasteiger partial charge on any atom is 0.0470 e. The van der Waals surface area contributed by atoms with E-state index in [1.165, 1.54) is 37.2 Å². The predicted octanol–water partition coefficient (Wildman–Crippen LogP) is 2.26. The first kappa shape index (κ1) is 16.6. The number of hydrogen-bond donors (Lipinski definition) is 1. The van der Waals surface area contributed by atoms with Crippen LogP contribution in [0.5, 0.6) is 0 Å². The van der Waals surface area contributed by atoms with E-state index in [4.69, 9.17) is 5.73 Å². The van der Waals surface area contributed by atoms with Crippen LogP contribution in [-0.4, -0.2) is 66.6 Å². The molecular weight excluding hydrogens is 266 g/mol. The Balaban J connectivity index is 2.18. The second-order valence-electron chi connectivity index (χ2n) is 7.75. The highest BCUT2D eigenvalue weighted by atomic mass is 32.2. The lowest BCUT2D eigenvalue weighted by atomic mass is 9.68. The zero-order valence-electron chi connectivity index (χ0n) is 14.0. The smallest absolute Gasteiger partial charge is 0.0470 e. The van der Waals surface area contributed by atoms with E-state index >= 15 is 0 Å². The van der Waals surface area contributed by atoms with Crippen LogP contribution in [0.2, 0.25) is 0 Å².